The number of rotatable bonds is 3. The van der Waals surface area contributed by atoms with Crippen molar-refractivity contribution in [2.24, 2.45) is 10.2 Å². The molecule has 5 nitrogen and oxygen atoms in total. The van der Waals surface area contributed by atoms with E-state index in [1.807, 2.05) is 18.2 Å². The minimum atomic E-state index is -0.473. The lowest BCUT2D eigenvalue weighted by Gasteiger charge is -1.99. The summed E-state index contributed by atoms with van der Waals surface area (Å²) >= 11 is 0. The average molecular weight is 219 g/mol. The number of amides is 1. The molecule has 84 valence electrons. The van der Waals surface area contributed by atoms with Crippen molar-refractivity contribution in [2.45, 2.75) is 6.92 Å². The molecule has 0 fully saturated rings. The molecule has 0 saturated heterocycles. The number of hydrogen-bond acceptors (Lipinski definition) is 4. The van der Waals surface area contributed by atoms with Crippen LogP contribution in [0.4, 0.5) is 5.69 Å². The minimum Gasteiger partial charge on any atom is -0.510 e. The van der Waals surface area contributed by atoms with Gasteiger partial charge in [0, 0.05) is 7.05 Å². The molecule has 0 atom stereocenters. The third-order valence-electron chi connectivity index (χ3n) is 1.81. The average Bonchev–Trinajstić information content (AvgIpc) is 2.30. The first-order valence-corrected chi connectivity index (χ1v) is 4.74. The normalized spacial score (nSPS) is 12.4. The number of hydrogen-bond donors (Lipinski definition) is 2. The zero-order chi connectivity index (χ0) is 12.0. The summed E-state index contributed by atoms with van der Waals surface area (Å²) in [4.78, 5) is 11.3. The molecule has 0 aromatic heterocycles. The number of aliphatic hydroxyl groups excluding tert-OH is 1. The predicted octanol–water partition coefficient (Wildman–Crippen LogP) is 2.31. The van der Waals surface area contributed by atoms with E-state index in [4.69, 9.17) is 0 Å². The zero-order valence-corrected chi connectivity index (χ0v) is 9.14. The van der Waals surface area contributed by atoms with Crippen LogP contribution in [0, 0.1) is 0 Å². The number of likely N-dealkylation sites (N-methyl/N-ethyl adjacent to an activating group) is 1. The summed E-state index contributed by atoms with van der Waals surface area (Å²) in [5, 5.41) is 19.2. The number of carbonyl (C=O) groups is 1. The van der Waals surface area contributed by atoms with Crippen LogP contribution in [-0.2, 0) is 4.79 Å². The quantitative estimate of drug-likeness (QED) is 0.465. The molecule has 0 aliphatic heterocycles. The summed E-state index contributed by atoms with van der Waals surface area (Å²) in [5.74, 6) is -0.640. The van der Waals surface area contributed by atoms with Gasteiger partial charge >= 0.3 is 0 Å². The van der Waals surface area contributed by atoms with Crippen LogP contribution in [0.15, 0.2) is 52.0 Å². The van der Waals surface area contributed by atoms with Gasteiger partial charge in [0.15, 0.2) is 5.70 Å². The molecule has 0 aliphatic rings. The SMILES string of the molecule is CNC(=O)/C(N=Nc1ccccc1)=C(/C)O. The Kier molecular flexibility index (Phi) is 4.20. The fourth-order valence-electron chi connectivity index (χ4n) is 1.00. The van der Waals surface area contributed by atoms with E-state index in [-0.39, 0.29) is 11.5 Å². The number of carbonyl (C=O) groups excluding carboxylic acids is 1. The fraction of sp³-hybridized carbons (Fsp3) is 0.182. The van der Waals surface area contributed by atoms with E-state index in [0.29, 0.717) is 5.69 Å². The lowest BCUT2D eigenvalue weighted by molar-refractivity contribution is -0.117. The van der Waals surface area contributed by atoms with Crippen LogP contribution in [0.25, 0.3) is 0 Å². The predicted molar refractivity (Wildman–Crippen MR) is 60.4 cm³/mol. The molecule has 1 aromatic carbocycles. The van der Waals surface area contributed by atoms with Gasteiger partial charge in [0.2, 0.25) is 0 Å². The Morgan fingerprint density at radius 1 is 1.31 bits per heavy atom. The molecule has 0 bridgehead atoms. The second kappa shape index (κ2) is 5.65. The van der Waals surface area contributed by atoms with Crippen LogP contribution >= 0.6 is 0 Å². The molecule has 1 aromatic rings. The standard InChI is InChI=1S/C11H13N3O2/c1-8(15)10(11(16)12-2)14-13-9-6-4-3-5-7-9/h3-7,15H,1-2H3,(H,12,16)/b10-8+,14-13?. The number of benzene rings is 1. The van der Waals surface area contributed by atoms with Gasteiger partial charge in [-0.05, 0) is 19.1 Å². The van der Waals surface area contributed by atoms with Crippen molar-refractivity contribution in [1.82, 2.24) is 5.32 Å². The molecule has 0 saturated carbocycles. The largest absolute Gasteiger partial charge is 0.510 e. The topological polar surface area (TPSA) is 74.0 Å². The highest BCUT2D eigenvalue weighted by atomic mass is 16.3. The third-order valence-corrected chi connectivity index (χ3v) is 1.81. The highest BCUT2D eigenvalue weighted by Gasteiger charge is 2.09. The Morgan fingerprint density at radius 3 is 2.44 bits per heavy atom. The van der Waals surface area contributed by atoms with Crippen molar-refractivity contribution in [2.75, 3.05) is 7.05 Å². The van der Waals surface area contributed by atoms with Gasteiger partial charge in [0.25, 0.3) is 5.91 Å². The van der Waals surface area contributed by atoms with Gasteiger partial charge in [-0.2, -0.15) is 5.11 Å². The molecular weight excluding hydrogens is 206 g/mol. The van der Waals surface area contributed by atoms with E-state index in [1.54, 1.807) is 12.1 Å². The number of aliphatic hydroxyl groups is 1. The van der Waals surface area contributed by atoms with Crippen molar-refractivity contribution in [1.29, 1.82) is 0 Å². The summed E-state index contributed by atoms with van der Waals surface area (Å²) in [6, 6.07) is 8.97. The minimum absolute atomic E-state index is 0.0913. The molecule has 0 aliphatic carbocycles. The summed E-state index contributed by atoms with van der Waals surface area (Å²) in [6.07, 6.45) is 0. The summed E-state index contributed by atoms with van der Waals surface area (Å²) < 4.78 is 0. The summed E-state index contributed by atoms with van der Waals surface area (Å²) in [7, 11) is 1.46. The van der Waals surface area contributed by atoms with Gasteiger partial charge in [-0.3, -0.25) is 4.79 Å². The van der Waals surface area contributed by atoms with Crippen LogP contribution in [-0.4, -0.2) is 18.1 Å². The summed E-state index contributed by atoms with van der Waals surface area (Å²) in [5.41, 5.74) is 0.525. The number of allylic oxidation sites excluding steroid dienone is 1. The maximum absolute atomic E-state index is 11.3. The van der Waals surface area contributed by atoms with Gasteiger partial charge in [0.05, 0.1) is 5.69 Å². The smallest absolute Gasteiger partial charge is 0.275 e. The van der Waals surface area contributed by atoms with E-state index in [2.05, 4.69) is 15.5 Å². The van der Waals surface area contributed by atoms with Crippen molar-refractivity contribution in [3.63, 3.8) is 0 Å². The molecular formula is C11H13N3O2. The molecule has 0 heterocycles. The van der Waals surface area contributed by atoms with Gasteiger partial charge < -0.3 is 10.4 Å². The Balaban J connectivity index is 2.90. The van der Waals surface area contributed by atoms with E-state index < -0.39 is 5.91 Å². The first-order valence-electron chi connectivity index (χ1n) is 4.74. The van der Waals surface area contributed by atoms with Gasteiger partial charge in [0.1, 0.15) is 5.76 Å². The number of nitrogens with one attached hydrogen (secondary N) is 1. The number of nitrogens with zero attached hydrogens (tertiary/aromatic N) is 2. The number of azo groups is 1. The summed E-state index contributed by atoms with van der Waals surface area (Å²) in [6.45, 7) is 1.38. The van der Waals surface area contributed by atoms with Crippen LogP contribution in [0.5, 0.6) is 0 Å². The molecule has 1 amide bonds. The molecule has 16 heavy (non-hydrogen) atoms. The lowest BCUT2D eigenvalue weighted by Crippen LogP contribution is -2.20. The molecule has 5 heteroatoms. The van der Waals surface area contributed by atoms with Crippen molar-refractivity contribution < 1.29 is 9.90 Å². The first-order chi connectivity index (χ1) is 7.65. The highest BCUT2D eigenvalue weighted by Crippen LogP contribution is 2.13. The molecule has 2 N–H and O–H groups in total. The van der Waals surface area contributed by atoms with Crippen LogP contribution in [0.3, 0.4) is 0 Å². The maximum Gasteiger partial charge on any atom is 0.275 e. The van der Waals surface area contributed by atoms with Crippen molar-refractivity contribution in [3.05, 3.63) is 41.8 Å². The van der Waals surface area contributed by atoms with Crippen LogP contribution < -0.4 is 5.32 Å². The van der Waals surface area contributed by atoms with E-state index in [0.717, 1.165) is 0 Å². The molecule has 1 rings (SSSR count). The van der Waals surface area contributed by atoms with Gasteiger partial charge in [-0.15, -0.1) is 5.11 Å². The molecule has 0 radical (unpaired) electrons. The highest BCUT2D eigenvalue weighted by molar-refractivity contribution is 5.93. The second-order valence-electron chi connectivity index (χ2n) is 3.05. The van der Waals surface area contributed by atoms with Gasteiger partial charge in [-0.25, -0.2) is 0 Å². The van der Waals surface area contributed by atoms with E-state index in [9.17, 15) is 9.90 Å². The second-order valence-corrected chi connectivity index (χ2v) is 3.05. The Hall–Kier alpha value is -2.17. The van der Waals surface area contributed by atoms with E-state index in [1.165, 1.54) is 14.0 Å². The van der Waals surface area contributed by atoms with Crippen LogP contribution in [0.1, 0.15) is 6.92 Å². The van der Waals surface area contributed by atoms with Gasteiger partial charge in [-0.1, -0.05) is 18.2 Å². The Bertz CT molecular complexity index is 420. The zero-order valence-electron chi connectivity index (χ0n) is 9.14. The molecule has 0 unspecified atom stereocenters. The Morgan fingerprint density at radius 2 is 1.94 bits per heavy atom. The molecule has 0 spiro atoms. The monoisotopic (exact) mass is 219 g/mol. The Labute approximate surface area is 93.5 Å². The third kappa shape index (κ3) is 3.20. The lowest BCUT2D eigenvalue weighted by atomic mass is 10.3. The first kappa shape index (κ1) is 11.9. The fourth-order valence-corrected chi connectivity index (χ4v) is 1.00. The van der Waals surface area contributed by atoms with Crippen molar-refractivity contribution >= 4 is 11.6 Å². The van der Waals surface area contributed by atoms with Crippen molar-refractivity contribution in [3.8, 4) is 0 Å². The van der Waals surface area contributed by atoms with Crippen LogP contribution in [0.2, 0.25) is 0 Å². The van der Waals surface area contributed by atoms with E-state index >= 15 is 0 Å². The maximum atomic E-state index is 11.3.